The molecule has 3 heterocycles. The molecule has 3 amide bonds. The van der Waals surface area contributed by atoms with Crippen molar-refractivity contribution in [3.63, 3.8) is 0 Å². The van der Waals surface area contributed by atoms with Crippen molar-refractivity contribution in [1.82, 2.24) is 19.8 Å². The fourth-order valence-corrected chi connectivity index (χ4v) is 4.34. The number of anilines is 1. The molecule has 0 bridgehead atoms. The Hall–Kier alpha value is -3.42. The molecule has 31 heavy (non-hydrogen) atoms. The Bertz CT molecular complexity index is 1150. The van der Waals surface area contributed by atoms with Gasteiger partial charge in [-0.15, -0.1) is 0 Å². The molecule has 1 aromatic carbocycles. The highest BCUT2D eigenvalue weighted by molar-refractivity contribution is 6.24. The van der Waals surface area contributed by atoms with Gasteiger partial charge in [0.1, 0.15) is 11.3 Å². The second kappa shape index (κ2) is 7.08. The Labute approximate surface area is 180 Å². The number of nitrogens with zero attached hydrogens (tertiary/aromatic N) is 5. The summed E-state index contributed by atoms with van der Waals surface area (Å²) in [5, 5.41) is 8.34. The zero-order valence-electron chi connectivity index (χ0n) is 18.0. The van der Waals surface area contributed by atoms with Crippen molar-refractivity contribution in [1.29, 1.82) is 0 Å². The molecule has 8 nitrogen and oxygen atoms in total. The second-order valence-electron chi connectivity index (χ2n) is 8.41. The first-order valence-corrected chi connectivity index (χ1v) is 10.6. The lowest BCUT2D eigenvalue weighted by Gasteiger charge is -2.21. The van der Waals surface area contributed by atoms with Crippen LogP contribution in [0.3, 0.4) is 0 Å². The Morgan fingerprint density at radius 1 is 1.13 bits per heavy atom. The van der Waals surface area contributed by atoms with Gasteiger partial charge in [-0.1, -0.05) is 36.3 Å². The van der Waals surface area contributed by atoms with Crippen LogP contribution in [0.15, 0.2) is 41.2 Å². The van der Waals surface area contributed by atoms with E-state index in [1.165, 1.54) is 10.5 Å². The summed E-state index contributed by atoms with van der Waals surface area (Å²) in [5.74, 6) is 0.585. The first-order valence-electron chi connectivity index (χ1n) is 10.6. The van der Waals surface area contributed by atoms with Crippen molar-refractivity contribution in [3.05, 3.63) is 64.8 Å². The SMILES string of the molecule is CCc1cccc(CN2C(=O)N(c3cnn(Cc4c(C)noc4C)c3)C(=O)C23CC3)c1. The molecule has 1 aliphatic carbocycles. The lowest BCUT2D eigenvalue weighted by atomic mass is 10.1. The van der Waals surface area contributed by atoms with Crippen molar-refractivity contribution >= 4 is 17.6 Å². The summed E-state index contributed by atoms with van der Waals surface area (Å²) in [7, 11) is 0. The summed E-state index contributed by atoms with van der Waals surface area (Å²) in [6, 6.07) is 7.93. The van der Waals surface area contributed by atoms with Gasteiger partial charge in [0.15, 0.2) is 0 Å². The highest BCUT2D eigenvalue weighted by atomic mass is 16.5. The molecule has 2 aliphatic rings. The standard InChI is InChI=1S/C23H25N5O3/c1-4-17-6-5-7-18(10-17)12-27-22(30)28(21(29)23(27)8-9-23)19-11-24-26(13-19)14-20-15(2)25-31-16(20)3/h5-7,10-11,13H,4,8-9,12,14H2,1-3H3. The Morgan fingerprint density at radius 2 is 1.90 bits per heavy atom. The number of aromatic nitrogens is 3. The number of amides is 3. The molecule has 1 saturated heterocycles. The first kappa shape index (κ1) is 19.5. The average molecular weight is 419 g/mol. The van der Waals surface area contributed by atoms with E-state index in [4.69, 9.17) is 4.52 Å². The molecule has 2 fully saturated rings. The van der Waals surface area contributed by atoms with E-state index in [9.17, 15) is 9.59 Å². The summed E-state index contributed by atoms with van der Waals surface area (Å²) >= 11 is 0. The lowest BCUT2D eigenvalue weighted by Crippen LogP contribution is -2.36. The second-order valence-corrected chi connectivity index (χ2v) is 8.41. The molecule has 2 aromatic heterocycles. The maximum atomic E-state index is 13.3. The third-order valence-corrected chi connectivity index (χ3v) is 6.38. The highest BCUT2D eigenvalue weighted by Gasteiger charge is 2.65. The van der Waals surface area contributed by atoms with Gasteiger partial charge in [-0.3, -0.25) is 9.48 Å². The molecular weight excluding hydrogens is 394 g/mol. The van der Waals surface area contributed by atoms with E-state index >= 15 is 0 Å². The van der Waals surface area contributed by atoms with E-state index in [-0.39, 0.29) is 11.9 Å². The minimum atomic E-state index is -0.705. The normalized spacial score (nSPS) is 17.3. The highest BCUT2D eigenvalue weighted by Crippen LogP contribution is 2.49. The number of carbonyl (C=O) groups is 2. The number of urea groups is 1. The number of aryl methyl sites for hydroxylation is 3. The van der Waals surface area contributed by atoms with Gasteiger partial charge in [-0.25, -0.2) is 9.69 Å². The molecule has 0 radical (unpaired) electrons. The van der Waals surface area contributed by atoms with Crippen molar-refractivity contribution in [2.75, 3.05) is 4.90 Å². The van der Waals surface area contributed by atoms with Crippen LogP contribution >= 0.6 is 0 Å². The molecule has 0 atom stereocenters. The zero-order valence-corrected chi connectivity index (χ0v) is 18.0. The van der Waals surface area contributed by atoms with Gasteiger partial charge in [-0.2, -0.15) is 5.10 Å². The van der Waals surface area contributed by atoms with Crippen molar-refractivity contribution in [2.24, 2.45) is 0 Å². The molecule has 3 aromatic rings. The van der Waals surface area contributed by atoms with E-state index in [1.807, 2.05) is 26.0 Å². The van der Waals surface area contributed by atoms with Crippen LogP contribution in [0, 0.1) is 13.8 Å². The summed E-state index contributed by atoms with van der Waals surface area (Å²) in [6.45, 7) is 6.74. The van der Waals surface area contributed by atoms with Crippen LogP contribution in [0.25, 0.3) is 0 Å². The monoisotopic (exact) mass is 419 g/mol. The predicted molar refractivity (Wildman–Crippen MR) is 114 cm³/mol. The van der Waals surface area contributed by atoms with Crippen LogP contribution < -0.4 is 4.90 Å². The molecule has 8 heteroatoms. The van der Waals surface area contributed by atoms with Crippen LogP contribution in [0.2, 0.25) is 0 Å². The van der Waals surface area contributed by atoms with E-state index < -0.39 is 5.54 Å². The minimum absolute atomic E-state index is 0.152. The third kappa shape index (κ3) is 3.13. The Morgan fingerprint density at radius 3 is 2.58 bits per heavy atom. The molecule has 0 N–H and O–H groups in total. The summed E-state index contributed by atoms with van der Waals surface area (Å²) in [5.41, 5.74) is 3.81. The van der Waals surface area contributed by atoms with E-state index in [0.717, 1.165) is 29.0 Å². The zero-order chi connectivity index (χ0) is 21.8. The molecule has 1 saturated carbocycles. The quantitative estimate of drug-likeness (QED) is 0.570. The molecular formula is C23H25N5O3. The maximum Gasteiger partial charge on any atom is 0.332 e. The number of benzene rings is 1. The summed E-state index contributed by atoms with van der Waals surface area (Å²) < 4.78 is 6.92. The smallest absolute Gasteiger partial charge is 0.332 e. The Kier molecular flexibility index (Phi) is 4.46. The van der Waals surface area contributed by atoms with E-state index in [1.54, 1.807) is 22.0 Å². The number of hydrogen-bond acceptors (Lipinski definition) is 5. The van der Waals surface area contributed by atoms with Gasteiger partial charge in [0.2, 0.25) is 0 Å². The minimum Gasteiger partial charge on any atom is -0.361 e. The lowest BCUT2D eigenvalue weighted by molar-refractivity contribution is -0.120. The van der Waals surface area contributed by atoms with Gasteiger partial charge in [0, 0.05) is 18.3 Å². The molecule has 0 unspecified atom stereocenters. The van der Waals surface area contributed by atoms with Crippen molar-refractivity contribution < 1.29 is 14.1 Å². The maximum absolute atomic E-state index is 13.3. The molecule has 1 spiro atoms. The van der Waals surface area contributed by atoms with E-state index in [0.29, 0.717) is 31.6 Å². The van der Waals surface area contributed by atoms with Gasteiger partial charge in [0.25, 0.3) is 5.91 Å². The predicted octanol–water partition coefficient (Wildman–Crippen LogP) is 3.60. The molecule has 160 valence electrons. The molecule has 5 rings (SSSR count). The number of carbonyl (C=O) groups excluding carboxylic acids is 2. The fourth-order valence-electron chi connectivity index (χ4n) is 4.34. The largest absolute Gasteiger partial charge is 0.361 e. The van der Waals surface area contributed by atoms with Gasteiger partial charge >= 0.3 is 6.03 Å². The topological polar surface area (TPSA) is 84.5 Å². The van der Waals surface area contributed by atoms with Crippen LogP contribution in [-0.2, 0) is 24.3 Å². The van der Waals surface area contributed by atoms with Gasteiger partial charge in [-0.05, 0) is 44.2 Å². The van der Waals surface area contributed by atoms with Crippen LogP contribution in [0.4, 0.5) is 10.5 Å². The van der Waals surface area contributed by atoms with Crippen molar-refractivity contribution in [2.45, 2.75) is 58.7 Å². The van der Waals surface area contributed by atoms with Crippen LogP contribution in [0.1, 0.15) is 47.9 Å². The van der Waals surface area contributed by atoms with Crippen LogP contribution in [0.5, 0.6) is 0 Å². The third-order valence-electron chi connectivity index (χ3n) is 6.38. The van der Waals surface area contributed by atoms with Gasteiger partial charge < -0.3 is 9.42 Å². The van der Waals surface area contributed by atoms with Crippen LogP contribution in [-0.4, -0.2) is 37.3 Å². The Balaban J connectivity index is 1.40. The number of hydrogen-bond donors (Lipinski definition) is 0. The summed E-state index contributed by atoms with van der Waals surface area (Å²) in [4.78, 5) is 29.6. The number of rotatable bonds is 6. The first-order chi connectivity index (χ1) is 14.9. The average Bonchev–Trinajstić information content (AvgIpc) is 3.29. The molecule has 1 aliphatic heterocycles. The fraction of sp³-hybridized carbons (Fsp3) is 0.391. The van der Waals surface area contributed by atoms with Gasteiger partial charge in [0.05, 0.1) is 24.1 Å². The van der Waals surface area contributed by atoms with E-state index in [2.05, 4.69) is 29.3 Å². The number of imide groups is 1. The van der Waals surface area contributed by atoms with Crippen molar-refractivity contribution in [3.8, 4) is 0 Å². The summed E-state index contributed by atoms with van der Waals surface area (Å²) in [6.07, 6.45) is 5.65.